The second-order valence-electron chi connectivity index (χ2n) is 4.99. The molecule has 0 aliphatic heterocycles. The third-order valence-electron chi connectivity index (χ3n) is 3.49. The Morgan fingerprint density at radius 3 is 2.68 bits per heavy atom. The molecule has 0 saturated carbocycles. The molecule has 4 rings (SSSR count). The van der Waals surface area contributed by atoms with E-state index in [0.717, 1.165) is 22.4 Å². The highest BCUT2D eigenvalue weighted by molar-refractivity contribution is 6.30. The van der Waals surface area contributed by atoms with Crippen LogP contribution in [0.1, 0.15) is 5.69 Å². The lowest BCUT2D eigenvalue weighted by atomic mass is 10.3. The molecular weight excluding hydrogens is 298 g/mol. The van der Waals surface area contributed by atoms with E-state index in [4.69, 9.17) is 11.6 Å². The van der Waals surface area contributed by atoms with Crippen LogP contribution in [0.3, 0.4) is 0 Å². The van der Waals surface area contributed by atoms with Gasteiger partial charge >= 0.3 is 0 Å². The molecule has 108 valence electrons. The van der Waals surface area contributed by atoms with Crippen molar-refractivity contribution in [1.29, 1.82) is 0 Å². The van der Waals surface area contributed by atoms with Crippen LogP contribution in [-0.4, -0.2) is 24.5 Å². The molecule has 6 heteroatoms. The van der Waals surface area contributed by atoms with Crippen molar-refractivity contribution in [3.8, 4) is 5.69 Å². The van der Waals surface area contributed by atoms with E-state index in [1.165, 1.54) is 0 Å². The van der Waals surface area contributed by atoms with Crippen molar-refractivity contribution >= 4 is 22.6 Å². The topological polar surface area (TPSA) is 48.5 Å². The van der Waals surface area contributed by atoms with Crippen molar-refractivity contribution in [2.75, 3.05) is 0 Å². The van der Waals surface area contributed by atoms with Crippen LogP contribution in [0, 0.1) is 0 Å². The molecule has 5 nitrogen and oxygen atoms in total. The van der Waals surface area contributed by atoms with Gasteiger partial charge in [0.1, 0.15) is 5.69 Å². The summed E-state index contributed by atoms with van der Waals surface area (Å²) in [5.41, 5.74) is 3.87. The molecule has 0 spiro atoms. The summed E-state index contributed by atoms with van der Waals surface area (Å²) in [7, 11) is 0. The van der Waals surface area contributed by atoms with E-state index in [1.807, 2.05) is 61.1 Å². The number of rotatable bonds is 3. The second-order valence-corrected chi connectivity index (χ2v) is 5.43. The first-order chi connectivity index (χ1) is 10.8. The van der Waals surface area contributed by atoms with Crippen molar-refractivity contribution in [3.63, 3.8) is 0 Å². The molecule has 0 saturated heterocycles. The van der Waals surface area contributed by atoms with Crippen molar-refractivity contribution in [1.82, 2.24) is 24.5 Å². The lowest BCUT2D eigenvalue weighted by Gasteiger charge is -2.01. The van der Waals surface area contributed by atoms with Gasteiger partial charge in [-0.15, -0.1) is 5.10 Å². The number of imidazole rings is 1. The van der Waals surface area contributed by atoms with Gasteiger partial charge in [-0.2, -0.15) is 0 Å². The molecule has 0 N–H and O–H groups in total. The molecule has 0 aliphatic carbocycles. The van der Waals surface area contributed by atoms with Gasteiger partial charge in [-0.3, -0.25) is 0 Å². The molecule has 22 heavy (non-hydrogen) atoms. The van der Waals surface area contributed by atoms with Gasteiger partial charge in [-0.05, 0) is 36.4 Å². The summed E-state index contributed by atoms with van der Waals surface area (Å²) >= 11 is 5.90. The third-order valence-corrected chi connectivity index (χ3v) is 3.74. The van der Waals surface area contributed by atoms with Crippen LogP contribution in [0.2, 0.25) is 5.02 Å². The molecule has 2 aromatic carbocycles. The quantitative estimate of drug-likeness (QED) is 0.583. The normalized spacial score (nSPS) is 11.1. The number of nitrogens with zero attached hydrogens (tertiary/aromatic N) is 5. The zero-order valence-corrected chi connectivity index (χ0v) is 12.4. The maximum Gasteiger partial charge on any atom is 0.103 e. The summed E-state index contributed by atoms with van der Waals surface area (Å²) in [6, 6.07) is 15.5. The fourth-order valence-electron chi connectivity index (χ4n) is 2.40. The smallest absolute Gasteiger partial charge is 0.103 e. The summed E-state index contributed by atoms with van der Waals surface area (Å²) in [5.74, 6) is 0. The summed E-state index contributed by atoms with van der Waals surface area (Å²) < 4.78 is 3.80. The fraction of sp³-hybridized carbons (Fsp3) is 0.0625. The number of para-hydroxylation sites is 2. The first-order valence-electron chi connectivity index (χ1n) is 6.87. The Morgan fingerprint density at radius 1 is 1.00 bits per heavy atom. The van der Waals surface area contributed by atoms with E-state index in [0.29, 0.717) is 11.6 Å². The summed E-state index contributed by atoms with van der Waals surface area (Å²) in [5, 5.41) is 9.10. The summed E-state index contributed by atoms with van der Waals surface area (Å²) in [4.78, 5) is 4.38. The predicted octanol–water partition coefficient (Wildman–Crippen LogP) is 3.32. The van der Waals surface area contributed by atoms with E-state index >= 15 is 0 Å². The van der Waals surface area contributed by atoms with Gasteiger partial charge in [-0.1, -0.05) is 28.9 Å². The molecule has 2 heterocycles. The van der Waals surface area contributed by atoms with E-state index in [2.05, 4.69) is 19.9 Å². The Labute approximate surface area is 131 Å². The van der Waals surface area contributed by atoms with Crippen LogP contribution in [0.4, 0.5) is 0 Å². The molecule has 0 unspecified atom stereocenters. The average Bonchev–Trinajstić information content (AvgIpc) is 3.16. The van der Waals surface area contributed by atoms with Gasteiger partial charge < -0.3 is 4.57 Å². The predicted molar refractivity (Wildman–Crippen MR) is 85.2 cm³/mol. The van der Waals surface area contributed by atoms with Crippen molar-refractivity contribution in [3.05, 3.63) is 71.8 Å². The van der Waals surface area contributed by atoms with Gasteiger partial charge in [0.15, 0.2) is 0 Å². The number of fused-ring (bicyclic) bond motifs is 1. The van der Waals surface area contributed by atoms with E-state index in [-0.39, 0.29) is 0 Å². The molecule has 4 aromatic rings. The molecule has 2 aromatic heterocycles. The maximum atomic E-state index is 5.90. The third kappa shape index (κ3) is 2.35. The first-order valence-corrected chi connectivity index (χ1v) is 7.24. The van der Waals surface area contributed by atoms with Gasteiger partial charge in [0, 0.05) is 5.02 Å². The minimum Gasteiger partial charge on any atom is -0.324 e. The van der Waals surface area contributed by atoms with Crippen LogP contribution < -0.4 is 0 Å². The Hall–Kier alpha value is -2.66. The number of aromatic nitrogens is 5. The maximum absolute atomic E-state index is 5.90. The molecule has 0 bridgehead atoms. The standard InChI is InChI=1S/C16H12ClN5/c17-12-5-7-14(8-6-12)22-10-13(19-20-22)9-21-11-18-15-3-1-2-4-16(15)21/h1-8,10-11H,9H2. The molecule has 0 radical (unpaired) electrons. The van der Waals surface area contributed by atoms with Crippen molar-refractivity contribution < 1.29 is 0 Å². The molecule has 0 amide bonds. The zero-order valence-electron chi connectivity index (χ0n) is 11.6. The highest BCUT2D eigenvalue weighted by atomic mass is 35.5. The van der Waals surface area contributed by atoms with E-state index < -0.39 is 0 Å². The minimum atomic E-state index is 0.633. The monoisotopic (exact) mass is 309 g/mol. The highest BCUT2D eigenvalue weighted by Crippen LogP contribution is 2.15. The average molecular weight is 310 g/mol. The Kier molecular flexibility index (Phi) is 3.12. The largest absolute Gasteiger partial charge is 0.324 e. The summed E-state index contributed by atoms with van der Waals surface area (Å²) in [6.07, 6.45) is 3.74. The van der Waals surface area contributed by atoms with Crippen LogP contribution in [0.15, 0.2) is 61.1 Å². The highest BCUT2D eigenvalue weighted by Gasteiger charge is 2.06. The van der Waals surface area contributed by atoms with E-state index in [9.17, 15) is 0 Å². The summed E-state index contributed by atoms with van der Waals surface area (Å²) in [6.45, 7) is 0.633. The van der Waals surface area contributed by atoms with Gasteiger partial charge in [-0.25, -0.2) is 9.67 Å². The zero-order chi connectivity index (χ0) is 14.9. The lowest BCUT2D eigenvalue weighted by Crippen LogP contribution is -1.98. The Morgan fingerprint density at radius 2 is 1.82 bits per heavy atom. The number of hydrogen-bond donors (Lipinski definition) is 0. The molecular formula is C16H12ClN5. The van der Waals surface area contributed by atoms with Crippen molar-refractivity contribution in [2.45, 2.75) is 6.54 Å². The molecule has 0 aliphatic rings. The van der Waals surface area contributed by atoms with Crippen LogP contribution in [-0.2, 0) is 6.54 Å². The number of benzene rings is 2. The second kappa shape index (κ2) is 5.27. The molecule has 0 fully saturated rings. The SMILES string of the molecule is Clc1ccc(-n2cc(Cn3cnc4ccccc43)nn2)cc1. The van der Waals surface area contributed by atoms with Gasteiger partial charge in [0.2, 0.25) is 0 Å². The first kappa shape index (κ1) is 13.0. The van der Waals surface area contributed by atoms with Crippen LogP contribution in [0.5, 0.6) is 0 Å². The number of hydrogen-bond acceptors (Lipinski definition) is 3. The molecule has 0 atom stereocenters. The lowest BCUT2D eigenvalue weighted by molar-refractivity contribution is 0.770. The van der Waals surface area contributed by atoms with Gasteiger partial charge in [0.25, 0.3) is 0 Å². The van der Waals surface area contributed by atoms with Crippen LogP contribution >= 0.6 is 11.6 Å². The van der Waals surface area contributed by atoms with Crippen LogP contribution in [0.25, 0.3) is 16.7 Å². The fourth-order valence-corrected chi connectivity index (χ4v) is 2.53. The van der Waals surface area contributed by atoms with Gasteiger partial charge in [0.05, 0.1) is 35.8 Å². The Balaban J connectivity index is 1.63. The van der Waals surface area contributed by atoms with Crippen molar-refractivity contribution in [2.24, 2.45) is 0 Å². The number of halogens is 1. The minimum absolute atomic E-state index is 0.633. The Bertz CT molecular complexity index is 923. The van der Waals surface area contributed by atoms with E-state index in [1.54, 1.807) is 4.68 Å².